The summed E-state index contributed by atoms with van der Waals surface area (Å²) < 4.78 is 4.76. The molecule has 86 valence electrons. The Balaban J connectivity index is 2.31. The van der Waals surface area contributed by atoms with E-state index >= 15 is 0 Å². The van der Waals surface area contributed by atoms with Crippen LogP contribution in [0.2, 0.25) is 5.02 Å². The first-order chi connectivity index (χ1) is 7.58. The van der Waals surface area contributed by atoms with Crippen LogP contribution >= 0.6 is 11.6 Å². The number of carbonyl (C=O) groups is 2. The maximum Gasteiger partial charge on any atom is 0.407 e. The minimum Gasteiger partial charge on any atom is -0.480 e. The molecule has 16 heavy (non-hydrogen) atoms. The Bertz CT molecular complexity index is 377. The molecule has 0 heterocycles. The van der Waals surface area contributed by atoms with Crippen LogP contribution in [0, 0.1) is 0 Å². The van der Waals surface area contributed by atoms with Crippen molar-refractivity contribution in [2.75, 3.05) is 6.54 Å². The van der Waals surface area contributed by atoms with Crippen LogP contribution in [0.25, 0.3) is 0 Å². The van der Waals surface area contributed by atoms with Crippen LogP contribution in [-0.4, -0.2) is 23.7 Å². The van der Waals surface area contributed by atoms with Crippen molar-refractivity contribution >= 4 is 23.7 Å². The first kappa shape index (κ1) is 12.3. The lowest BCUT2D eigenvalue weighted by molar-refractivity contribution is -0.135. The summed E-state index contributed by atoms with van der Waals surface area (Å²) in [7, 11) is 0. The molecule has 1 rings (SSSR count). The number of carboxylic acids is 1. The quantitative estimate of drug-likeness (QED) is 0.843. The second-order valence-corrected chi connectivity index (χ2v) is 3.39. The summed E-state index contributed by atoms with van der Waals surface area (Å²) in [4.78, 5) is 21.1. The molecule has 0 atom stereocenters. The van der Waals surface area contributed by atoms with E-state index in [9.17, 15) is 9.59 Å². The van der Waals surface area contributed by atoms with Crippen molar-refractivity contribution in [3.05, 3.63) is 34.9 Å². The molecular formula is C10H10ClNO4. The lowest BCUT2D eigenvalue weighted by Gasteiger charge is -2.05. The number of benzene rings is 1. The number of aliphatic carboxylic acids is 1. The van der Waals surface area contributed by atoms with E-state index in [4.69, 9.17) is 21.4 Å². The van der Waals surface area contributed by atoms with Gasteiger partial charge in [-0.1, -0.05) is 23.7 Å². The first-order valence-corrected chi connectivity index (χ1v) is 4.82. The molecule has 0 saturated heterocycles. The van der Waals surface area contributed by atoms with Crippen molar-refractivity contribution < 1.29 is 19.4 Å². The molecule has 0 aliphatic rings. The van der Waals surface area contributed by atoms with Gasteiger partial charge in [0.2, 0.25) is 0 Å². The Morgan fingerprint density at radius 1 is 1.31 bits per heavy atom. The number of carboxylic acid groups (broad SMARTS) is 1. The number of carbonyl (C=O) groups excluding carboxylic acids is 1. The van der Waals surface area contributed by atoms with Crippen molar-refractivity contribution in [2.24, 2.45) is 0 Å². The van der Waals surface area contributed by atoms with E-state index in [0.717, 1.165) is 5.56 Å². The molecule has 0 spiro atoms. The summed E-state index contributed by atoms with van der Waals surface area (Å²) in [6, 6.07) is 6.78. The Kier molecular flexibility index (Phi) is 4.60. The minimum atomic E-state index is -1.12. The normalized spacial score (nSPS) is 9.56. The van der Waals surface area contributed by atoms with E-state index in [1.165, 1.54) is 0 Å². The molecule has 1 amide bonds. The molecule has 0 bridgehead atoms. The predicted octanol–water partition coefficient (Wildman–Crippen LogP) is 1.65. The largest absolute Gasteiger partial charge is 0.480 e. The van der Waals surface area contributed by atoms with Crippen LogP contribution in [0.4, 0.5) is 4.79 Å². The minimum absolute atomic E-state index is 0.0720. The number of halogens is 1. The smallest absolute Gasteiger partial charge is 0.407 e. The van der Waals surface area contributed by atoms with Gasteiger partial charge in [0.15, 0.2) is 0 Å². The summed E-state index contributed by atoms with van der Waals surface area (Å²) in [5, 5.41) is 11.0. The average molecular weight is 244 g/mol. The lowest BCUT2D eigenvalue weighted by Crippen LogP contribution is -2.29. The van der Waals surface area contributed by atoms with Crippen LogP contribution in [0.5, 0.6) is 0 Å². The van der Waals surface area contributed by atoms with Gasteiger partial charge in [0.05, 0.1) is 0 Å². The van der Waals surface area contributed by atoms with Crippen molar-refractivity contribution in [3.8, 4) is 0 Å². The first-order valence-electron chi connectivity index (χ1n) is 4.45. The number of nitrogens with one attached hydrogen (secondary N) is 1. The van der Waals surface area contributed by atoms with E-state index in [2.05, 4.69) is 5.32 Å². The average Bonchev–Trinajstić information content (AvgIpc) is 2.25. The Hall–Kier alpha value is -1.75. The molecule has 0 aliphatic heterocycles. The van der Waals surface area contributed by atoms with Gasteiger partial charge in [-0.15, -0.1) is 0 Å². The highest BCUT2D eigenvalue weighted by Crippen LogP contribution is 2.10. The van der Waals surface area contributed by atoms with Crippen LogP contribution in [0.1, 0.15) is 5.56 Å². The summed E-state index contributed by atoms with van der Waals surface area (Å²) in [5.74, 6) is -1.12. The number of hydrogen-bond donors (Lipinski definition) is 2. The van der Waals surface area contributed by atoms with E-state index in [1.807, 2.05) is 0 Å². The van der Waals surface area contributed by atoms with Gasteiger partial charge in [0, 0.05) is 5.02 Å². The molecule has 0 radical (unpaired) electrons. The summed E-state index contributed by atoms with van der Waals surface area (Å²) in [6.07, 6.45) is -0.766. The molecule has 0 aromatic heterocycles. The monoisotopic (exact) mass is 243 g/mol. The maximum atomic E-state index is 11.0. The van der Waals surface area contributed by atoms with Gasteiger partial charge in [0.1, 0.15) is 13.2 Å². The van der Waals surface area contributed by atoms with E-state index in [-0.39, 0.29) is 6.61 Å². The van der Waals surface area contributed by atoms with E-state index < -0.39 is 18.6 Å². The molecule has 6 heteroatoms. The second-order valence-electron chi connectivity index (χ2n) is 2.95. The van der Waals surface area contributed by atoms with Crippen molar-refractivity contribution in [1.29, 1.82) is 0 Å². The molecule has 1 aromatic rings. The zero-order chi connectivity index (χ0) is 12.0. The molecule has 0 unspecified atom stereocenters. The molecule has 0 fully saturated rings. The van der Waals surface area contributed by atoms with Gasteiger partial charge in [-0.2, -0.15) is 0 Å². The number of alkyl carbamates (subject to hydrolysis) is 1. The third-order valence-corrected chi connectivity index (χ3v) is 1.92. The third-order valence-electron chi connectivity index (χ3n) is 1.67. The van der Waals surface area contributed by atoms with Crippen molar-refractivity contribution in [3.63, 3.8) is 0 Å². The van der Waals surface area contributed by atoms with Crippen molar-refractivity contribution in [1.82, 2.24) is 5.32 Å². The van der Waals surface area contributed by atoms with Gasteiger partial charge >= 0.3 is 12.1 Å². The summed E-state index contributed by atoms with van der Waals surface area (Å²) >= 11 is 5.67. The van der Waals surface area contributed by atoms with E-state index in [1.54, 1.807) is 24.3 Å². The van der Waals surface area contributed by atoms with Gasteiger partial charge in [-0.3, -0.25) is 4.79 Å². The zero-order valence-corrected chi connectivity index (χ0v) is 9.03. The van der Waals surface area contributed by atoms with Crippen LogP contribution in [0.15, 0.2) is 24.3 Å². The molecule has 5 nitrogen and oxygen atoms in total. The highest BCUT2D eigenvalue weighted by atomic mass is 35.5. The van der Waals surface area contributed by atoms with E-state index in [0.29, 0.717) is 5.02 Å². The Labute approximate surface area is 97.0 Å². The van der Waals surface area contributed by atoms with Gasteiger partial charge in [0.25, 0.3) is 0 Å². The number of amides is 1. The molecular weight excluding hydrogens is 234 g/mol. The fourth-order valence-electron chi connectivity index (χ4n) is 0.928. The van der Waals surface area contributed by atoms with Gasteiger partial charge in [-0.25, -0.2) is 4.79 Å². The summed E-state index contributed by atoms with van der Waals surface area (Å²) in [5.41, 5.74) is 0.773. The topological polar surface area (TPSA) is 75.6 Å². The zero-order valence-electron chi connectivity index (χ0n) is 8.27. The van der Waals surface area contributed by atoms with Crippen LogP contribution < -0.4 is 5.32 Å². The SMILES string of the molecule is O=C(O)CNC(=O)OCc1ccc(Cl)cc1. The van der Waals surface area contributed by atoms with Crippen LogP contribution in [-0.2, 0) is 16.1 Å². The highest BCUT2D eigenvalue weighted by molar-refractivity contribution is 6.30. The standard InChI is InChI=1S/C10H10ClNO4/c11-8-3-1-7(2-4-8)6-16-10(15)12-5-9(13)14/h1-4H,5-6H2,(H,12,15)(H,13,14). The van der Waals surface area contributed by atoms with Crippen molar-refractivity contribution in [2.45, 2.75) is 6.61 Å². The highest BCUT2D eigenvalue weighted by Gasteiger charge is 2.04. The van der Waals surface area contributed by atoms with Gasteiger partial charge in [-0.05, 0) is 17.7 Å². The second kappa shape index (κ2) is 5.97. The molecule has 2 N–H and O–H groups in total. The Morgan fingerprint density at radius 3 is 2.50 bits per heavy atom. The van der Waals surface area contributed by atoms with Gasteiger partial charge < -0.3 is 15.2 Å². The summed E-state index contributed by atoms with van der Waals surface area (Å²) in [6.45, 7) is -0.387. The fourth-order valence-corrected chi connectivity index (χ4v) is 1.05. The number of rotatable bonds is 4. The number of ether oxygens (including phenoxy) is 1. The Morgan fingerprint density at radius 2 is 1.94 bits per heavy atom. The molecule has 0 aliphatic carbocycles. The number of hydrogen-bond acceptors (Lipinski definition) is 3. The fraction of sp³-hybridized carbons (Fsp3) is 0.200. The predicted molar refractivity (Wildman–Crippen MR) is 57.3 cm³/mol. The molecule has 1 aromatic carbocycles. The maximum absolute atomic E-state index is 11.0. The van der Waals surface area contributed by atoms with Crippen LogP contribution in [0.3, 0.4) is 0 Å². The lowest BCUT2D eigenvalue weighted by atomic mass is 10.2. The third kappa shape index (κ3) is 4.65. The molecule has 0 saturated carbocycles.